The van der Waals surface area contributed by atoms with Gasteiger partial charge in [0.1, 0.15) is 17.2 Å². The average molecular weight is 436 g/mol. The van der Waals surface area contributed by atoms with E-state index < -0.39 is 0 Å². The van der Waals surface area contributed by atoms with Crippen LogP contribution in [0.5, 0.6) is 34.5 Å². The van der Waals surface area contributed by atoms with Crippen LogP contribution in [0, 0.1) is 0 Å². The van der Waals surface area contributed by atoms with E-state index in [0.29, 0.717) is 39.9 Å². The number of amides is 1. The molecule has 0 radical (unpaired) electrons. The van der Waals surface area contributed by atoms with Gasteiger partial charge in [-0.25, -0.2) is 5.43 Å². The van der Waals surface area contributed by atoms with Crippen LogP contribution in [0.15, 0.2) is 65.8 Å². The van der Waals surface area contributed by atoms with Crippen LogP contribution in [0.3, 0.4) is 0 Å². The smallest absolute Gasteiger partial charge is 0.271 e. The molecule has 3 aromatic carbocycles. The number of methoxy groups -OCH3 is 4. The highest BCUT2D eigenvalue weighted by Gasteiger charge is 2.14. The van der Waals surface area contributed by atoms with Crippen molar-refractivity contribution in [1.82, 2.24) is 5.43 Å². The summed E-state index contributed by atoms with van der Waals surface area (Å²) in [6.07, 6.45) is 1.47. The van der Waals surface area contributed by atoms with E-state index in [0.717, 1.165) is 5.75 Å². The Kier molecular flexibility index (Phi) is 7.53. The molecule has 0 heterocycles. The Bertz CT molecular complexity index is 1080. The predicted octanol–water partition coefficient (Wildman–Crippen LogP) is 4.28. The Hall–Kier alpha value is -4.20. The number of hydrazone groups is 1. The molecule has 8 heteroatoms. The number of carbonyl (C=O) groups is 1. The highest BCUT2D eigenvalue weighted by Crippen LogP contribution is 2.39. The minimum absolute atomic E-state index is 0.364. The van der Waals surface area contributed by atoms with Gasteiger partial charge in [0.2, 0.25) is 5.75 Å². The van der Waals surface area contributed by atoms with E-state index in [9.17, 15) is 4.79 Å². The Morgan fingerprint density at radius 3 is 1.88 bits per heavy atom. The van der Waals surface area contributed by atoms with Crippen molar-refractivity contribution in [2.24, 2.45) is 5.10 Å². The van der Waals surface area contributed by atoms with Gasteiger partial charge in [0, 0.05) is 11.1 Å². The lowest BCUT2D eigenvalue weighted by Crippen LogP contribution is -2.17. The van der Waals surface area contributed by atoms with Crippen LogP contribution in [-0.4, -0.2) is 40.6 Å². The maximum atomic E-state index is 12.4. The summed E-state index contributed by atoms with van der Waals surface area (Å²) in [5.74, 6) is 3.07. The first kappa shape index (κ1) is 22.5. The van der Waals surface area contributed by atoms with E-state index in [2.05, 4.69) is 10.5 Å². The molecule has 0 aliphatic carbocycles. The van der Waals surface area contributed by atoms with Crippen molar-refractivity contribution in [3.63, 3.8) is 0 Å². The zero-order valence-corrected chi connectivity index (χ0v) is 18.2. The number of hydrogen-bond acceptors (Lipinski definition) is 7. The van der Waals surface area contributed by atoms with Crippen molar-refractivity contribution in [2.45, 2.75) is 0 Å². The first-order chi connectivity index (χ1) is 15.6. The molecule has 3 rings (SSSR count). The quantitative estimate of drug-likeness (QED) is 0.398. The van der Waals surface area contributed by atoms with Crippen molar-refractivity contribution in [3.8, 4) is 34.5 Å². The second kappa shape index (κ2) is 10.7. The number of hydrogen-bond donors (Lipinski definition) is 1. The standard InChI is InChI=1S/C24H24N2O6/c1-28-18-10-12-20(13-11-18)32-19-8-5-16(6-9-19)24(27)26-25-15-17-7-14-21(29-2)23(31-4)22(17)30-3/h5-15H,1-4H3,(H,26,27)/b25-15-. The number of nitrogens with zero attached hydrogens (tertiary/aromatic N) is 1. The molecule has 0 spiro atoms. The van der Waals surface area contributed by atoms with Gasteiger partial charge in [-0.1, -0.05) is 0 Å². The summed E-state index contributed by atoms with van der Waals surface area (Å²) >= 11 is 0. The summed E-state index contributed by atoms with van der Waals surface area (Å²) in [6.45, 7) is 0. The molecule has 0 atom stereocenters. The molecule has 0 bridgehead atoms. The zero-order chi connectivity index (χ0) is 22.9. The third-order valence-corrected chi connectivity index (χ3v) is 4.52. The minimum atomic E-state index is -0.364. The highest BCUT2D eigenvalue weighted by molar-refractivity contribution is 5.95. The summed E-state index contributed by atoms with van der Waals surface area (Å²) in [7, 11) is 6.18. The van der Waals surface area contributed by atoms with Gasteiger partial charge < -0.3 is 23.7 Å². The van der Waals surface area contributed by atoms with Crippen molar-refractivity contribution in [2.75, 3.05) is 28.4 Å². The number of carbonyl (C=O) groups excluding carboxylic acids is 1. The fraction of sp³-hybridized carbons (Fsp3) is 0.167. The second-order valence-electron chi connectivity index (χ2n) is 6.42. The first-order valence-corrected chi connectivity index (χ1v) is 9.64. The van der Waals surface area contributed by atoms with Crippen LogP contribution >= 0.6 is 0 Å². The fourth-order valence-corrected chi connectivity index (χ4v) is 2.91. The van der Waals surface area contributed by atoms with Crippen LogP contribution in [-0.2, 0) is 0 Å². The van der Waals surface area contributed by atoms with Crippen LogP contribution in [0.4, 0.5) is 0 Å². The monoisotopic (exact) mass is 436 g/mol. The maximum absolute atomic E-state index is 12.4. The van der Waals surface area contributed by atoms with Crippen molar-refractivity contribution in [3.05, 3.63) is 71.8 Å². The molecule has 0 aliphatic heterocycles. The van der Waals surface area contributed by atoms with Gasteiger partial charge >= 0.3 is 0 Å². The van der Waals surface area contributed by atoms with Gasteiger partial charge in [-0.3, -0.25) is 4.79 Å². The van der Waals surface area contributed by atoms with Crippen molar-refractivity contribution < 1.29 is 28.5 Å². The molecular formula is C24H24N2O6. The van der Waals surface area contributed by atoms with Crippen molar-refractivity contribution >= 4 is 12.1 Å². The van der Waals surface area contributed by atoms with Crippen LogP contribution in [0.1, 0.15) is 15.9 Å². The van der Waals surface area contributed by atoms with Crippen LogP contribution < -0.4 is 29.1 Å². The fourth-order valence-electron chi connectivity index (χ4n) is 2.91. The number of nitrogens with one attached hydrogen (secondary N) is 1. The molecule has 1 amide bonds. The van der Waals surface area contributed by atoms with E-state index in [4.69, 9.17) is 23.7 Å². The Balaban J connectivity index is 1.64. The van der Waals surface area contributed by atoms with Crippen molar-refractivity contribution in [1.29, 1.82) is 0 Å². The van der Waals surface area contributed by atoms with Gasteiger partial charge in [-0.05, 0) is 60.7 Å². The summed E-state index contributed by atoms with van der Waals surface area (Å²) in [5.41, 5.74) is 3.55. The van der Waals surface area contributed by atoms with E-state index in [1.165, 1.54) is 20.4 Å². The summed E-state index contributed by atoms with van der Waals surface area (Å²) < 4.78 is 26.9. The SMILES string of the molecule is COc1ccc(Oc2ccc(C(=O)N/N=C\c3ccc(OC)c(OC)c3OC)cc2)cc1. The molecule has 0 aliphatic rings. The third kappa shape index (κ3) is 5.28. The van der Waals surface area contributed by atoms with E-state index in [-0.39, 0.29) is 5.91 Å². The predicted molar refractivity (Wildman–Crippen MR) is 121 cm³/mol. The zero-order valence-electron chi connectivity index (χ0n) is 18.2. The second-order valence-corrected chi connectivity index (χ2v) is 6.42. The number of benzene rings is 3. The molecule has 0 saturated heterocycles. The molecule has 0 fully saturated rings. The highest BCUT2D eigenvalue weighted by atomic mass is 16.5. The number of ether oxygens (including phenoxy) is 5. The maximum Gasteiger partial charge on any atom is 0.271 e. The van der Waals surface area contributed by atoms with E-state index >= 15 is 0 Å². The van der Waals surface area contributed by atoms with Gasteiger partial charge in [0.05, 0.1) is 34.7 Å². The van der Waals surface area contributed by atoms with Gasteiger partial charge in [-0.2, -0.15) is 5.10 Å². The van der Waals surface area contributed by atoms with Gasteiger partial charge in [0.25, 0.3) is 5.91 Å². The third-order valence-electron chi connectivity index (χ3n) is 4.52. The molecular weight excluding hydrogens is 412 g/mol. The molecule has 0 saturated carbocycles. The topological polar surface area (TPSA) is 87.6 Å². The van der Waals surface area contributed by atoms with Crippen LogP contribution in [0.2, 0.25) is 0 Å². The minimum Gasteiger partial charge on any atom is -0.497 e. The molecule has 32 heavy (non-hydrogen) atoms. The normalized spacial score (nSPS) is 10.5. The summed E-state index contributed by atoms with van der Waals surface area (Å²) in [6, 6.07) is 17.4. The summed E-state index contributed by atoms with van der Waals surface area (Å²) in [4.78, 5) is 12.4. The van der Waals surface area contributed by atoms with Gasteiger partial charge in [-0.15, -0.1) is 0 Å². The van der Waals surface area contributed by atoms with Gasteiger partial charge in [0.15, 0.2) is 11.5 Å². The largest absolute Gasteiger partial charge is 0.497 e. The lowest BCUT2D eigenvalue weighted by atomic mass is 10.2. The molecule has 0 aromatic heterocycles. The molecule has 166 valence electrons. The number of rotatable bonds is 9. The van der Waals surface area contributed by atoms with Crippen LogP contribution in [0.25, 0.3) is 0 Å². The Morgan fingerprint density at radius 2 is 1.31 bits per heavy atom. The molecule has 0 unspecified atom stereocenters. The average Bonchev–Trinajstić information content (AvgIpc) is 2.84. The Labute approximate surface area is 186 Å². The summed E-state index contributed by atoms with van der Waals surface area (Å²) in [5, 5.41) is 4.02. The first-order valence-electron chi connectivity index (χ1n) is 9.64. The molecule has 8 nitrogen and oxygen atoms in total. The Morgan fingerprint density at radius 1 is 0.719 bits per heavy atom. The lowest BCUT2D eigenvalue weighted by molar-refractivity contribution is 0.0955. The molecule has 1 N–H and O–H groups in total. The molecule has 3 aromatic rings. The van der Waals surface area contributed by atoms with E-state index in [1.54, 1.807) is 62.8 Å². The van der Waals surface area contributed by atoms with E-state index in [1.807, 2.05) is 12.1 Å². The lowest BCUT2D eigenvalue weighted by Gasteiger charge is -2.13.